The number of amides is 1. The average molecular weight is 322 g/mol. The predicted molar refractivity (Wildman–Crippen MR) is 90.6 cm³/mol. The molecule has 24 heavy (non-hydrogen) atoms. The number of aromatic nitrogens is 3. The number of imidazole rings is 1. The summed E-state index contributed by atoms with van der Waals surface area (Å²) in [5, 5.41) is 2.74. The van der Waals surface area contributed by atoms with Crippen molar-refractivity contribution in [2.24, 2.45) is 0 Å². The molecule has 0 spiro atoms. The number of ether oxygens (including phenoxy) is 1. The summed E-state index contributed by atoms with van der Waals surface area (Å²) in [6.07, 6.45) is 8.73. The Morgan fingerprint density at radius 1 is 1.12 bits per heavy atom. The second-order valence-corrected chi connectivity index (χ2v) is 5.35. The monoisotopic (exact) mass is 322 g/mol. The molecule has 0 bridgehead atoms. The smallest absolute Gasteiger partial charge is 0.221 e. The van der Waals surface area contributed by atoms with E-state index < -0.39 is 0 Å². The molecule has 0 aliphatic carbocycles. The van der Waals surface area contributed by atoms with Crippen LogP contribution in [0.3, 0.4) is 0 Å². The molecule has 1 aromatic carbocycles. The Kier molecular flexibility index (Phi) is 4.86. The number of pyridine rings is 1. The van der Waals surface area contributed by atoms with Crippen LogP contribution in [0.5, 0.6) is 5.75 Å². The van der Waals surface area contributed by atoms with E-state index in [-0.39, 0.29) is 12.0 Å². The summed E-state index contributed by atoms with van der Waals surface area (Å²) in [6, 6.07) is 11.2. The van der Waals surface area contributed by atoms with E-state index in [1.807, 2.05) is 47.2 Å². The van der Waals surface area contributed by atoms with Crippen LogP contribution < -0.4 is 10.1 Å². The second-order valence-electron chi connectivity index (χ2n) is 5.35. The summed E-state index contributed by atoms with van der Waals surface area (Å²) in [7, 11) is 0. The normalized spacial score (nSPS) is 11.7. The highest BCUT2D eigenvalue weighted by Crippen LogP contribution is 2.24. The number of hydrogen-bond donors (Lipinski definition) is 1. The number of nitrogens with one attached hydrogen (secondary N) is 1. The van der Waals surface area contributed by atoms with Crippen LogP contribution in [-0.2, 0) is 11.3 Å². The molecule has 0 saturated carbocycles. The maximum Gasteiger partial charge on any atom is 0.221 e. The molecule has 6 nitrogen and oxygen atoms in total. The Balaban J connectivity index is 1.77. The Hall–Kier alpha value is -3.15. The van der Waals surface area contributed by atoms with E-state index in [9.17, 15) is 4.79 Å². The molecule has 1 unspecified atom stereocenters. The number of benzene rings is 1. The lowest BCUT2D eigenvalue weighted by Crippen LogP contribution is -2.14. The van der Waals surface area contributed by atoms with Crippen molar-refractivity contribution in [1.29, 1.82) is 0 Å². The molecular formula is C18H18N4O2. The average Bonchev–Trinajstić information content (AvgIpc) is 3.09. The lowest BCUT2D eigenvalue weighted by atomic mass is 10.1. The van der Waals surface area contributed by atoms with E-state index in [1.165, 1.54) is 6.92 Å². The maximum absolute atomic E-state index is 11.1. The van der Waals surface area contributed by atoms with E-state index in [4.69, 9.17) is 4.74 Å². The van der Waals surface area contributed by atoms with Crippen molar-refractivity contribution in [1.82, 2.24) is 14.5 Å². The van der Waals surface area contributed by atoms with Crippen molar-refractivity contribution < 1.29 is 9.53 Å². The Labute approximate surface area is 140 Å². The molecule has 0 aliphatic heterocycles. The van der Waals surface area contributed by atoms with E-state index in [1.54, 1.807) is 24.9 Å². The maximum atomic E-state index is 11.1. The highest BCUT2D eigenvalue weighted by atomic mass is 16.5. The molecule has 0 radical (unpaired) electrons. The van der Waals surface area contributed by atoms with Gasteiger partial charge in [-0.25, -0.2) is 4.98 Å². The summed E-state index contributed by atoms with van der Waals surface area (Å²) < 4.78 is 8.11. The zero-order valence-electron chi connectivity index (χ0n) is 13.3. The first-order valence-electron chi connectivity index (χ1n) is 7.61. The first kappa shape index (κ1) is 15.7. The van der Waals surface area contributed by atoms with Gasteiger partial charge in [0.25, 0.3) is 0 Å². The van der Waals surface area contributed by atoms with Crippen LogP contribution in [0.2, 0.25) is 0 Å². The molecule has 0 aliphatic rings. The standard InChI is InChI=1S/C18H18N4O2/c1-14(23)21-16-2-4-17(5-3-16)24-18(12-22-11-10-20-13-22)15-6-8-19-9-7-15/h2-11,13,18H,12H2,1H3,(H,21,23). The minimum atomic E-state index is -0.172. The van der Waals surface area contributed by atoms with Crippen LogP contribution in [0.1, 0.15) is 18.6 Å². The fraction of sp³-hybridized carbons (Fsp3) is 0.167. The van der Waals surface area contributed by atoms with Gasteiger partial charge in [-0.1, -0.05) is 0 Å². The van der Waals surface area contributed by atoms with Gasteiger partial charge in [-0.2, -0.15) is 0 Å². The van der Waals surface area contributed by atoms with Crippen molar-refractivity contribution in [2.75, 3.05) is 5.32 Å². The highest BCUT2D eigenvalue weighted by Gasteiger charge is 2.14. The van der Waals surface area contributed by atoms with Crippen LogP contribution in [0, 0.1) is 0 Å². The van der Waals surface area contributed by atoms with Crippen LogP contribution in [-0.4, -0.2) is 20.4 Å². The van der Waals surface area contributed by atoms with Gasteiger partial charge < -0.3 is 14.6 Å². The number of rotatable bonds is 6. The predicted octanol–water partition coefficient (Wildman–Crippen LogP) is 3.06. The third-order valence-corrected chi connectivity index (χ3v) is 3.47. The summed E-state index contributed by atoms with van der Waals surface area (Å²) in [4.78, 5) is 19.2. The quantitative estimate of drug-likeness (QED) is 0.757. The van der Waals surface area contributed by atoms with Crippen LogP contribution in [0.15, 0.2) is 67.5 Å². The molecule has 6 heteroatoms. The summed E-state index contributed by atoms with van der Waals surface area (Å²) in [5.41, 5.74) is 1.77. The lowest BCUT2D eigenvalue weighted by Gasteiger charge is -2.20. The molecular weight excluding hydrogens is 304 g/mol. The van der Waals surface area contributed by atoms with Gasteiger partial charge >= 0.3 is 0 Å². The van der Waals surface area contributed by atoms with Crippen molar-refractivity contribution in [3.63, 3.8) is 0 Å². The van der Waals surface area contributed by atoms with Gasteiger partial charge in [0.2, 0.25) is 5.91 Å². The molecule has 0 saturated heterocycles. The summed E-state index contributed by atoms with van der Waals surface area (Å²) in [6.45, 7) is 2.12. The van der Waals surface area contributed by atoms with E-state index >= 15 is 0 Å². The second kappa shape index (κ2) is 7.41. The molecule has 122 valence electrons. The zero-order chi connectivity index (χ0) is 16.8. The highest BCUT2D eigenvalue weighted by molar-refractivity contribution is 5.88. The summed E-state index contributed by atoms with van der Waals surface area (Å²) >= 11 is 0. The molecule has 1 N–H and O–H groups in total. The van der Waals surface area contributed by atoms with Gasteiger partial charge in [0.05, 0.1) is 12.9 Å². The molecule has 2 heterocycles. The number of anilines is 1. The number of hydrogen-bond acceptors (Lipinski definition) is 4. The van der Waals surface area contributed by atoms with Gasteiger partial charge in [-0.05, 0) is 42.0 Å². The minimum absolute atomic E-state index is 0.0987. The topological polar surface area (TPSA) is 69.0 Å². The van der Waals surface area contributed by atoms with E-state index in [0.717, 1.165) is 17.0 Å². The van der Waals surface area contributed by atoms with Crippen molar-refractivity contribution in [3.8, 4) is 5.75 Å². The molecule has 1 atom stereocenters. The lowest BCUT2D eigenvalue weighted by molar-refractivity contribution is -0.114. The Morgan fingerprint density at radius 3 is 2.50 bits per heavy atom. The van der Waals surface area contributed by atoms with Gasteiger partial charge in [-0.3, -0.25) is 9.78 Å². The van der Waals surface area contributed by atoms with Gasteiger partial charge in [0.1, 0.15) is 11.9 Å². The largest absolute Gasteiger partial charge is 0.484 e. The fourth-order valence-corrected chi connectivity index (χ4v) is 2.36. The molecule has 0 fully saturated rings. The Bertz CT molecular complexity index is 771. The van der Waals surface area contributed by atoms with Crippen LogP contribution >= 0.6 is 0 Å². The Morgan fingerprint density at radius 2 is 1.88 bits per heavy atom. The molecule has 1 amide bonds. The SMILES string of the molecule is CC(=O)Nc1ccc(OC(Cn2ccnc2)c2ccncc2)cc1. The first-order chi connectivity index (χ1) is 11.7. The third-order valence-electron chi connectivity index (χ3n) is 3.47. The number of carbonyl (C=O) groups is 1. The number of nitrogens with zero attached hydrogens (tertiary/aromatic N) is 3. The fourth-order valence-electron chi connectivity index (χ4n) is 2.36. The van der Waals surface area contributed by atoms with Crippen LogP contribution in [0.25, 0.3) is 0 Å². The first-order valence-corrected chi connectivity index (χ1v) is 7.61. The minimum Gasteiger partial charge on any atom is -0.484 e. The van der Waals surface area contributed by atoms with Gasteiger partial charge in [0.15, 0.2) is 0 Å². The third kappa shape index (κ3) is 4.19. The van der Waals surface area contributed by atoms with Gasteiger partial charge in [-0.15, -0.1) is 0 Å². The molecule has 3 aromatic rings. The molecule has 3 rings (SSSR count). The van der Waals surface area contributed by atoms with Crippen LogP contribution in [0.4, 0.5) is 5.69 Å². The summed E-state index contributed by atoms with van der Waals surface area (Å²) in [5.74, 6) is 0.629. The van der Waals surface area contributed by atoms with Crippen molar-refractivity contribution >= 4 is 11.6 Å². The zero-order valence-corrected chi connectivity index (χ0v) is 13.3. The van der Waals surface area contributed by atoms with Gasteiger partial charge in [0, 0.05) is 37.4 Å². The molecule has 2 aromatic heterocycles. The van der Waals surface area contributed by atoms with Crippen molar-refractivity contribution in [2.45, 2.75) is 19.6 Å². The van der Waals surface area contributed by atoms with Crippen molar-refractivity contribution in [3.05, 3.63) is 73.1 Å². The number of carbonyl (C=O) groups excluding carboxylic acids is 1. The van der Waals surface area contributed by atoms with E-state index in [2.05, 4.69) is 15.3 Å². The van der Waals surface area contributed by atoms with E-state index in [0.29, 0.717) is 6.54 Å².